The zero-order chi connectivity index (χ0) is 41.0. The first-order valence-corrected chi connectivity index (χ1v) is 19.7. The number of aliphatic hydroxyl groups is 1. The number of hydrogen-bond acceptors (Lipinski definition) is 9. The molecule has 57 heavy (non-hydrogen) atoms. The van der Waals surface area contributed by atoms with Gasteiger partial charge in [-0.3, -0.25) is 19.1 Å². The number of β-amino-alcohol motifs (C(OH)–C–C–N with tert-alkyl or cyclic N) is 1. The van der Waals surface area contributed by atoms with Crippen molar-refractivity contribution in [1.82, 2.24) is 34.3 Å². The Bertz CT molecular complexity index is 2450. The molecule has 0 spiro atoms. The molecule has 0 saturated carbocycles. The third kappa shape index (κ3) is 8.49. The average molecular weight is 837 g/mol. The fourth-order valence-corrected chi connectivity index (χ4v) is 8.26. The van der Waals surface area contributed by atoms with Crippen molar-refractivity contribution in [2.75, 3.05) is 26.7 Å². The van der Waals surface area contributed by atoms with Crippen LogP contribution in [0.1, 0.15) is 51.9 Å². The summed E-state index contributed by atoms with van der Waals surface area (Å²) in [4.78, 5) is 47.1. The summed E-state index contributed by atoms with van der Waals surface area (Å²) in [5, 5.41) is 18.9. The Hall–Kier alpha value is -4.66. The van der Waals surface area contributed by atoms with Gasteiger partial charge in [-0.1, -0.05) is 71.2 Å². The van der Waals surface area contributed by atoms with Crippen molar-refractivity contribution in [3.05, 3.63) is 91.5 Å². The van der Waals surface area contributed by atoms with Crippen molar-refractivity contribution in [3.63, 3.8) is 0 Å². The number of amides is 2. The highest BCUT2D eigenvalue weighted by Crippen LogP contribution is 2.43. The topological polar surface area (TPSA) is 144 Å². The molecule has 0 bridgehead atoms. The van der Waals surface area contributed by atoms with E-state index in [0.29, 0.717) is 98.0 Å². The van der Waals surface area contributed by atoms with Gasteiger partial charge in [-0.15, -0.1) is 0 Å². The van der Waals surface area contributed by atoms with E-state index in [2.05, 4.69) is 5.32 Å². The number of likely N-dealkylation sites (tertiary alicyclic amines) is 1. The number of fused-ring (bicyclic) bond motifs is 1. The molecule has 2 aromatic carbocycles. The Kier molecular flexibility index (Phi) is 11.1. The molecule has 2 N–H and O–H groups in total. The van der Waals surface area contributed by atoms with Crippen LogP contribution >= 0.6 is 34.8 Å². The molecule has 7 rings (SSSR count). The lowest BCUT2D eigenvalue weighted by Gasteiger charge is -2.44. The van der Waals surface area contributed by atoms with Crippen LogP contribution < -0.4 is 15.6 Å². The largest absolute Gasteiger partial charge is 0.481 e. The second-order valence-corrected chi connectivity index (χ2v) is 17.1. The van der Waals surface area contributed by atoms with E-state index >= 15 is 0 Å². The number of halogens is 3. The van der Waals surface area contributed by atoms with E-state index in [1.807, 2.05) is 41.3 Å². The number of nitrogens with zero attached hydrogens (tertiary/aromatic N) is 6. The number of aromatic nitrogens is 4. The summed E-state index contributed by atoms with van der Waals surface area (Å²) in [5.74, 6) is 0.708. The highest BCUT2D eigenvalue weighted by atomic mass is 35.5. The van der Waals surface area contributed by atoms with Crippen LogP contribution in [0.5, 0.6) is 5.88 Å². The molecule has 13 nitrogen and oxygen atoms in total. The van der Waals surface area contributed by atoms with E-state index in [1.54, 1.807) is 57.6 Å². The van der Waals surface area contributed by atoms with Crippen LogP contribution in [0, 0.1) is 0 Å². The maximum Gasteiger partial charge on any atom is 0.410 e. The summed E-state index contributed by atoms with van der Waals surface area (Å²) in [6, 6.07) is 14.3. The number of methoxy groups -OCH3 is 1. The molecule has 2 aliphatic rings. The summed E-state index contributed by atoms with van der Waals surface area (Å²) < 4.78 is 14.5. The standard InChI is InChI=1S/C41H44Cl3N7O6/c1-40(2,3)57-39(54)50(18-24-13-14-34(52)45-24)19-29-30(42)16-31(46-37(29)56-6)28-12-8-11-27(36(28)44)26-10-7-9-25(35(26)43)23-15-32-38(53)48(5)33(47-51(32)17-23)20-49-21-41(4,55)22-49/h7-12,15-17,24,55H,13-14,18-22H2,1-6H3,(H,45,52)/t24-/m0/s1. The third-order valence-corrected chi connectivity index (χ3v) is 11.2. The molecule has 0 radical (unpaired) electrons. The first kappa shape index (κ1) is 40.5. The molecule has 2 saturated heterocycles. The summed E-state index contributed by atoms with van der Waals surface area (Å²) in [7, 11) is 3.17. The fraction of sp³-hybridized carbons (Fsp3) is 0.390. The second-order valence-electron chi connectivity index (χ2n) is 16.0. The maximum absolute atomic E-state index is 13.4. The van der Waals surface area contributed by atoms with Crippen LogP contribution in [-0.2, 0) is 29.7 Å². The Morgan fingerprint density at radius 1 is 1.04 bits per heavy atom. The minimum absolute atomic E-state index is 0.0202. The molecule has 16 heteroatoms. The number of carbonyl (C=O) groups is 2. The first-order chi connectivity index (χ1) is 26.9. The smallest absolute Gasteiger partial charge is 0.410 e. The predicted octanol–water partition coefficient (Wildman–Crippen LogP) is 6.98. The molecule has 0 unspecified atom stereocenters. The predicted molar refractivity (Wildman–Crippen MR) is 220 cm³/mol. The molecule has 5 aromatic rings. The zero-order valence-corrected chi connectivity index (χ0v) is 34.8. The number of carbonyl (C=O) groups excluding carboxylic acids is 2. The van der Waals surface area contributed by atoms with Crippen LogP contribution in [0.4, 0.5) is 4.79 Å². The second kappa shape index (κ2) is 15.6. The number of pyridine rings is 1. The number of nitrogens with one attached hydrogen (secondary N) is 1. The van der Waals surface area contributed by atoms with Crippen LogP contribution in [0.2, 0.25) is 15.1 Å². The van der Waals surface area contributed by atoms with E-state index in [9.17, 15) is 19.5 Å². The molecule has 2 aliphatic heterocycles. The third-order valence-electron chi connectivity index (χ3n) is 10.1. The van der Waals surface area contributed by atoms with Crippen LogP contribution in [0.3, 0.4) is 0 Å². The van der Waals surface area contributed by atoms with Gasteiger partial charge in [0.15, 0.2) is 0 Å². The summed E-state index contributed by atoms with van der Waals surface area (Å²) in [6.07, 6.45) is 2.20. The van der Waals surface area contributed by atoms with Gasteiger partial charge in [-0.2, -0.15) is 5.10 Å². The van der Waals surface area contributed by atoms with Crippen molar-refractivity contribution in [2.45, 2.75) is 70.9 Å². The number of ether oxygens (including phenoxy) is 2. The molecule has 2 fully saturated rings. The van der Waals surface area contributed by atoms with Crippen molar-refractivity contribution < 1.29 is 24.2 Å². The van der Waals surface area contributed by atoms with Crippen LogP contribution in [0.15, 0.2) is 59.5 Å². The Balaban J connectivity index is 1.19. The molecule has 5 heterocycles. The monoisotopic (exact) mass is 835 g/mol. The minimum atomic E-state index is -0.747. The Morgan fingerprint density at radius 3 is 2.30 bits per heavy atom. The molecule has 1 atom stereocenters. The summed E-state index contributed by atoms with van der Waals surface area (Å²) >= 11 is 21.3. The summed E-state index contributed by atoms with van der Waals surface area (Å²) in [6.45, 7) is 8.81. The SMILES string of the molecule is COc1nc(-c2cccc(-c3cccc(-c4cc5c(=O)n(C)c(CN6CC(C)(O)C6)nn5c4)c3Cl)c2Cl)cc(Cl)c1CN(C[C@@H]1CCC(=O)N1)C(=O)OC(C)(C)C. The van der Waals surface area contributed by atoms with Crippen molar-refractivity contribution in [1.29, 1.82) is 0 Å². The van der Waals surface area contributed by atoms with Crippen molar-refractivity contribution in [2.24, 2.45) is 7.05 Å². The molecule has 0 aliphatic carbocycles. The molecule has 300 valence electrons. The van der Waals surface area contributed by atoms with E-state index in [4.69, 9.17) is 54.4 Å². The van der Waals surface area contributed by atoms with Gasteiger partial charge in [-0.05, 0) is 46.2 Å². The van der Waals surface area contributed by atoms with Gasteiger partial charge in [0.1, 0.15) is 16.9 Å². The number of rotatable bonds is 10. The first-order valence-electron chi connectivity index (χ1n) is 18.5. The lowest BCUT2D eigenvalue weighted by Crippen LogP contribution is -2.59. The lowest BCUT2D eigenvalue weighted by atomic mass is 9.97. The molecule has 2 amide bonds. The molecule has 3 aromatic heterocycles. The number of hydrogen-bond donors (Lipinski definition) is 2. The van der Waals surface area contributed by atoms with Crippen molar-refractivity contribution in [3.8, 4) is 39.4 Å². The normalized spacial score (nSPS) is 16.7. The Labute approximate surface area is 345 Å². The molecular weight excluding hydrogens is 793 g/mol. The van der Waals surface area contributed by atoms with E-state index in [1.165, 1.54) is 16.6 Å². The lowest BCUT2D eigenvalue weighted by molar-refractivity contribution is -0.119. The summed E-state index contributed by atoms with van der Waals surface area (Å²) in [5.41, 5.74) is 2.86. The van der Waals surface area contributed by atoms with Gasteiger partial charge in [0.05, 0.1) is 52.1 Å². The van der Waals surface area contributed by atoms with E-state index in [-0.39, 0.29) is 36.5 Å². The average Bonchev–Trinajstić information content (AvgIpc) is 3.75. The van der Waals surface area contributed by atoms with Gasteiger partial charge in [0.25, 0.3) is 5.56 Å². The van der Waals surface area contributed by atoms with Gasteiger partial charge >= 0.3 is 6.09 Å². The van der Waals surface area contributed by atoms with Crippen LogP contribution in [-0.4, -0.2) is 90.1 Å². The van der Waals surface area contributed by atoms with Gasteiger partial charge < -0.3 is 24.8 Å². The van der Waals surface area contributed by atoms with Gasteiger partial charge in [-0.25, -0.2) is 14.3 Å². The number of benzene rings is 2. The Morgan fingerprint density at radius 2 is 1.68 bits per heavy atom. The minimum Gasteiger partial charge on any atom is -0.481 e. The highest BCUT2D eigenvalue weighted by molar-refractivity contribution is 6.39. The maximum atomic E-state index is 13.4. The zero-order valence-electron chi connectivity index (χ0n) is 32.5. The van der Waals surface area contributed by atoms with Gasteiger partial charge in [0.2, 0.25) is 11.8 Å². The quantitative estimate of drug-likeness (QED) is 0.152. The molecular formula is C41H44Cl3N7O6. The van der Waals surface area contributed by atoms with E-state index in [0.717, 1.165) is 0 Å². The van der Waals surface area contributed by atoms with Crippen molar-refractivity contribution >= 4 is 52.3 Å². The highest BCUT2D eigenvalue weighted by Gasteiger charge is 2.37. The fourth-order valence-electron chi connectivity index (χ4n) is 7.36. The van der Waals surface area contributed by atoms with Gasteiger partial charge in [0, 0.05) is 73.2 Å². The van der Waals surface area contributed by atoms with E-state index < -0.39 is 17.3 Å². The van der Waals surface area contributed by atoms with Crippen LogP contribution in [0.25, 0.3) is 39.0 Å².